The van der Waals surface area contributed by atoms with Gasteiger partial charge in [0, 0.05) is 24.4 Å². The molecule has 3 atom stereocenters. The molecule has 2 fully saturated rings. The number of carbonyl (C=O) groups is 3. The molecule has 0 spiro atoms. The van der Waals surface area contributed by atoms with Crippen LogP contribution in [0.3, 0.4) is 0 Å². The number of piperidine rings is 1. The second kappa shape index (κ2) is 13.9. The van der Waals surface area contributed by atoms with Gasteiger partial charge in [-0.05, 0) is 49.6 Å². The number of thioether (sulfide) groups is 1. The van der Waals surface area contributed by atoms with Crippen molar-refractivity contribution in [2.24, 2.45) is 5.92 Å². The number of amides is 2. The lowest BCUT2D eigenvalue weighted by Crippen LogP contribution is -2.52. The molecular formula is C30H38N2O9S. The predicted molar refractivity (Wildman–Crippen MR) is 157 cm³/mol. The molecule has 12 heteroatoms. The first kappa shape index (κ1) is 31.1. The minimum absolute atomic E-state index is 0.208. The summed E-state index contributed by atoms with van der Waals surface area (Å²) in [6, 6.07) is 7.84. The minimum atomic E-state index is -0.777. The van der Waals surface area contributed by atoms with Gasteiger partial charge in [0.05, 0.1) is 48.1 Å². The van der Waals surface area contributed by atoms with E-state index in [0.29, 0.717) is 53.9 Å². The van der Waals surface area contributed by atoms with Crippen molar-refractivity contribution in [3.05, 3.63) is 41.5 Å². The molecule has 0 saturated carbocycles. The number of esters is 1. The molecule has 3 unspecified atom stereocenters. The van der Waals surface area contributed by atoms with E-state index in [9.17, 15) is 14.4 Å². The fraction of sp³-hybridized carbons (Fsp3) is 0.500. The Bertz CT molecular complexity index is 1280. The minimum Gasteiger partial charge on any atom is -0.493 e. The Balaban J connectivity index is 1.74. The van der Waals surface area contributed by atoms with Gasteiger partial charge in [-0.1, -0.05) is 6.07 Å². The summed E-state index contributed by atoms with van der Waals surface area (Å²) in [6.07, 6.45) is 1.33. The zero-order valence-electron chi connectivity index (χ0n) is 24.8. The molecule has 0 radical (unpaired) electrons. The highest BCUT2D eigenvalue weighted by Crippen LogP contribution is 2.46. The Morgan fingerprint density at radius 3 is 2.14 bits per heavy atom. The Morgan fingerprint density at radius 2 is 1.55 bits per heavy atom. The van der Waals surface area contributed by atoms with E-state index in [2.05, 4.69) is 0 Å². The van der Waals surface area contributed by atoms with E-state index in [1.54, 1.807) is 49.1 Å². The van der Waals surface area contributed by atoms with Crippen LogP contribution in [0.5, 0.6) is 28.7 Å². The van der Waals surface area contributed by atoms with Crippen LogP contribution in [-0.2, 0) is 14.3 Å². The number of hydrogen-bond donors (Lipinski definition) is 0. The highest BCUT2D eigenvalue weighted by molar-refractivity contribution is 7.99. The maximum atomic E-state index is 14.4. The summed E-state index contributed by atoms with van der Waals surface area (Å²) in [6.45, 7) is 2.81. The van der Waals surface area contributed by atoms with Gasteiger partial charge in [-0.3, -0.25) is 14.4 Å². The molecule has 228 valence electrons. The number of carbonyl (C=O) groups excluding carboxylic acids is 3. The van der Waals surface area contributed by atoms with Crippen LogP contribution in [0, 0.1) is 5.92 Å². The molecule has 2 aliphatic rings. The van der Waals surface area contributed by atoms with E-state index in [1.165, 1.54) is 33.1 Å². The maximum absolute atomic E-state index is 14.4. The van der Waals surface area contributed by atoms with E-state index in [4.69, 9.17) is 28.4 Å². The van der Waals surface area contributed by atoms with E-state index >= 15 is 0 Å². The first-order valence-corrected chi connectivity index (χ1v) is 14.8. The Hall–Kier alpha value is -3.80. The third-order valence-corrected chi connectivity index (χ3v) is 8.80. The number of benzene rings is 2. The summed E-state index contributed by atoms with van der Waals surface area (Å²) in [7, 11) is 7.55. The van der Waals surface area contributed by atoms with Crippen molar-refractivity contribution in [2.45, 2.75) is 31.2 Å². The van der Waals surface area contributed by atoms with Crippen molar-refractivity contribution in [2.75, 3.05) is 61.0 Å². The molecule has 0 aliphatic carbocycles. The van der Waals surface area contributed by atoms with E-state index in [0.717, 1.165) is 5.56 Å². The highest BCUT2D eigenvalue weighted by Gasteiger charge is 2.45. The number of ether oxygens (including phenoxy) is 6. The third kappa shape index (κ3) is 6.18. The molecule has 2 saturated heterocycles. The average Bonchev–Trinajstić information content (AvgIpc) is 3.48. The van der Waals surface area contributed by atoms with E-state index < -0.39 is 17.3 Å². The number of methoxy groups -OCH3 is 5. The lowest BCUT2D eigenvalue weighted by atomic mass is 9.97. The molecule has 2 aliphatic heterocycles. The maximum Gasteiger partial charge on any atom is 0.310 e. The largest absolute Gasteiger partial charge is 0.493 e. The molecule has 2 amide bonds. The monoisotopic (exact) mass is 602 g/mol. The molecule has 2 aromatic rings. The second-order valence-corrected chi connectivity index (χ2v) is 10.9. The normalized spacial score (nSPS) is 20.1. The van der Waals surface area contributed by atoms with Crippen LogP contribution in [0.4, 0.5) is 0 Å². The molecule has 0 bridgehead atoms. The van der Waals surface area contributed by atoms with E-state index in [-0.39, 0.29) is 36.5 Å². The van der Waals surface area contributed by atoms with Gasteiger partial charge < -0.3 is 38.2 Å². The van der Waals surface area contributed by atoms with Gasteiger partial charge in [-0.25, -0.2) is 0 Å². The topological polar surface area (TPSA) is 113 Å². The molecule has 42 heavy (non-hydrogen) atoms. The fourth-order valence-corrected chi connectivity index (χ4v) is 6.81. The summed E-state index contributed by atoms with van der Waals surface area (Å²) in [4.78, 5) is 44.2. The van der Waals surface area contributed by atoms with Crippen molar-refractivity contribution in [3.63, 3.8) is 0 Å². The van der Waals surface area contributed by atoms with E-state index in [1.807, 2.05) is 12.1 Å². The van der Waals surface area contributed by atoms with Crippen molar-refractivity contribution in [1.82, 2.24) is 9.80 Å². The molecular weight excluding hydrogens is 564 g/mol. The van der Waals surface area contributed by atoms with Crippen LogP contribution in [0.1, 0.15) is 41.1 Å². The Kier molecular flexibility index (Phi) is 10.3. The fourth-order valence-electron chi connectivity index (χ4n) is 5.40. The van der Waals surface area contributed by atoms with Crippen molar-refractivity contribution in [1.29, 1.82) is 0 Å². The molecule has 0 N–H and O–H groups in total. The van der Waals surface area contributed by atoms with Crippen LogP contribution in [0.25, 0.3) is 0 Å². The summed E-state index contributed by atoms with van der Waals surface area (Å²) in [5.74, 6) is 1.16. The summed E-state index contributed by atoms with van der Waals surface area (Å²) in [5, 5.41) is -0.504. The van der Waals surface area contributed by atoms with Crippen LogP contribution >= 0.6 is 11.8 Å². The van der Waals surface area contributed by atoms with Crippen LogP contribution in [-0.4, -0.2) is 94.6 Å². The van der Waals surface area contributed by atoms with Crippen LogP contribution in [0.2, 0.25) is 0 Å². The molecule has 0 aromatic heterocycles. The Morgan fingerprint density at radius 1 is 0.881 bits per heavy atom. The second-order valence-electron chi connectivity index (χ2n) is 9.82. The lowest BCUT2D eigenvalue weighted by molar-refractivity contribution is -0.151. The zero-order valence-corrected chi connectivity index (χ0v) is 25.7. The van der Waals surface area contributed by atoms with Crippen LogP contribution in [0.15, 0.2) is 30.3 Å². The lowest BCUT2D eigenvalue weighted by Gasteiger charge is -2.36. The first-order valence-electron chi connectivity index (χ1n) is 13.7. The van der Waals surface area contributed by atoms with Crippen molar-refractivity contribution in [3.8, 4) is 28.7 Å². The van der Waals surface area contributed by atoms with Crippen LogP contribution < -0.4 is 23.7 Å². The first-order chi connectivity index (χ1) is 20.3. The summed E-state index contributed by atoms with van der Waals surface area (Å²) in [5.41, 5.74) is 1.05. The van der Waals surface area contributed by atoms with Gasteiger partial charge >= 0.3 is 5.97 Å². The van der Waals surface area contributed by atoms with Crippen molar-refractivity contribution < 1.29 is 42.8 Å². The molecule has 11 nitrogen and oxygen atoms in total. The van der Waals surface area contributed by atoms with Crippen molar-refractivity contribution >= 4 is 29.5 Å². The average molecular weight is 603 g/mol. The quantitative estimate of drug-likeness (QED) is 0.372. The molecule has 2 aromatic carbocycles. The Labute approximate surface area is 250 Å². The zero-order chi connectivity index (χ0) is 30.4. The summed E-state index contributed by atoms with van der Waals surface area (Å²) < 4.78 is 32.6. The highest BCUT2D eigenvalue weighted by atomic mass is 32.2. The van der Waals surface area contributed by atoms with Gasteiger partial charge in [0.2, 0.25) is 11.7 Å². The summed E-state index contributed by atoms with van der Waals surface area (Å²) >= 11 is 1.48. The third-order valence-electron chi connectivity index (χ3n) is 7.48. The van der Waals surface area contributed by atoms with Gasteiger partial charge in [-0.2, -0.15) is 0 Å². The number of hydrogen-bond acceptors (Lipinski definition) is 10. The number of rotatable bonds is 10. The molecule has 4 rings (SSSR count). The standard InChI is InChI=1S/C30H38N2O9S/c1-7-41-30(35)19-9-8-12-31(16-19)28(34)21-17-42-29(18-10-11-22(36-2)23(13-18)37-3)32(21)27(33)20-14-24(38-4)26(40-6)25(15-20)39-5/h10-11,13-15,19,21,29H,7-9,12,16-17H2,1-6H3. The molecule has 2 heterocycles. The number of likely N-dealkylation sites (tertiary alicyclic amines) is 1. The van der Waals surface area contributed by atoms with Gasteiger partial charge in [-0.15, -0.1) is 11.8 Å². The number of nitrogens with zero attached hydrogens (tertiary/aromatic N) is 2. The van der Waals surface area contributed by atoms with Gasteiger partial charge in [0.15, 0.2) is 23.0 Å². The SMILES string of the molecule is CCOC(=O)C1CCCN(C(=O)C2CSC(c3ccc(OC)c(OC)c3)N2C(=O)c2cc(OC)c(OC)c(OC)c2)C1. The smallest absolute Gasteiger partial charge is 0.310 e. The predicted octanol–water partition coefficient (Wildman–Crippen LogP) is 3.79. The van der Waals surface area contributed by atoms with Gasteiger partial charge in [0.1, 0.15) is 11.4 Å². The van der Waals surface area contributed by atoms with Gasteiger partial charge in [0.25, 0.3) is 5.91 Å².